The average molecular weight is 323 g/mol. The summed E-state index contributed by atoms with van der Waals surface area (Å²) < 4.78 is 0. The number of aromatic hydroxyl groups is 1. The molecule has 3 aromatic rings. The van der Waals surface area contributed by atoms with E-state index in [0.29, 0.717) is 0 Å². The number of aromatic nitrogens is 1. The van der Waals surface area contributed by atoms with Crippen LogP contribution in [0.5, 0.6) is 5.75 Å². The highest BCUT2D eigenvalue weighted by atomic mass is 32.1. The maximum atomic E-state index is 9.41. The van der Waals surface area contributed by atoms with E-state index in [4.69, 9.17) is 0 Å². The molecule has 0 aliphatic carbocycles. The number of hydrogen-bond acceptors (Lipinski definition) is 5. The monoisotopic (exact) mass is 323 g/mol. The van der Waals surface area contributed by atoms with Crippen molar-refractivity contribution in [2.75, 3.05) is 5.43 Å². The Kier molecular flexibility index (Phi) is 4.39. The molecule has 0 bridgehead atoms. The van der Waals surface area contributed by atoms with E-state index in [0.717, 1.165) is 22.0 Å². The fourth-order valence-electron chi connectivity index (χ4n) is 2.13. The number of aryl methyl sites for hydroxylation is 2. The van der Waals surface area contributed by atoms with Crippen molar-refractivity contribution in [3.8, 4) is 17.0 Å². The number of rotatable bonds is 4. The average Bonchev–Trinajstić information content (AvgIpc) is 2.99. The number of benzene rings is 2. The normalized spacial score (nSPS) is 11.0. The van der Waals surface area contributed by atoms with Crippen LogP contribution >= 0.6 is 11.3 Å². The van der Waals surface area contributed by atoms with Gasteiger partial charge in [0.1, 0.15) is 5.75 Å². The van der Waals surface area contributed by atoms with Crippen molar-refractivity contribution in [2.45, 2.75) is 13.8 Å². The largest absolute Gasteiger partial charge is 0.508 e. The zero-order chi connectivity index (χ0) is 16.2. The number of thiazole rings is 1. The van der Waals surface area contributed by atoms with Crippen molar-refractivity contribution in [1.82, 2.24) is 4.98 Å². The summed E-state index contributed by atoms with van der Waals surface area (Å²) in [7, 11) is 0. The van der Waals surface area contributed by atoms with E-state index in [-0.39, 0.29) is 5.75 Å². The van der Waals surface area contributed by atoms with E-state index in [1.54, 1.807) is 24.4 Å². The molecule has 2 aromatic carbocycles. The van der Waals surface area contributed by atoms with Gasteiger partial charge in [-0.3, -0.25) is 5.43 Å². The lowest BCUT2D eigenvalue weighted by Gasteiger charge is -2.02. The predicted octanol–water partition coefficient (Wildman–Crippen LogP) is 4.58. The second kappa shape index (κ2) is 6.62. The first kappa shape index (κ1) is 15.2. The highest BCUT2D eigenvalue weighted by Crippen LogP contribution is 2.26. The second-order valence-electron chi connectivity index (χ2n) is 5.30. The maximum absolute atomic E-state index is 9.41. The van der Waals surface area contributed by atoms with Gasteiger partial charge in [0.05, 0.1) is 11.9 Å². The SMILES string of the molecule is Cc1ccc(-c2csc(N/N=C\c3cccc(O)c3)n2)cc1C. The molecule has 0 saturated carbocycles. The Morgan fingerprint density at radius 3 is 2.78 bits per heavy atom. The van der Waals surface area contributed by atoms with Gasteiger partial charge >= 0.3 is 0 Å². The fraction of sp³-hybridized carbons (Fsp3) is 0.111. The molecule has 0 atom stereocenters. The summed E-state index contributed by atoms with van der Waals surface area (Å²) in [6.45, 7) is 4.20. The molecule has 5 heteroatoms. The minimum atomic E-state index is 0.222. The van der Waals surface area contributed by atoms with Gasteiger partial charge in [-0.1, -0.05) is 24.3 Å². The summed E-state index contributed by atoms with van der Waals surface area (Å²) in [5, 5.41) is 16.3. The highest BCUT2D eigenvalue weighted by molar-refractivity contribution is 7.14. The van der Waals surface area contributed by atoms with Gasteiger partial charge in [-0.2, -0.15) is 5.10 Å². The van der Waals surface area contributed by atoms with Crippen LogP contribution in [0.3, 0.4) is 0 Å². The number of phenolic OH excluding ortho intramolecular Hbond substituents is 1. The van der Waals surface area contributed by atoms with E-state index >= 15 is 0 Å². The summed E-state index contributed by atoms with van der Waals surface area (Å²) >= 11 is 1.51. The molecule has 0 aliphatic rings. The molecule has 1 heterocycles. The van der Waals surface area contributed by atoms with Crippen molar-refractivity contribution in [3.63, 3.8) is 0 Å². The molecule has 0 radical (unpaired) electrons. The van der Waals surface area contributed by atoms with E-state index in [1.165, 1.54) is 22.5 Å². The lowest BCUT2D eigenvalue weighted by atomic mass is 10.1. The van der Waals surface area contributed by atoms with Crippen LogP contribution in [0.25, 0.3) is 11.3 Å². The van der Waals surface area contributed by atoms with Gasteiger partial charge in [0.25, 0.3) is 0 Å². The maximum Gasteiger partial charge on any atom is 0.203 e. The molecule has 116 valence electrons. The minimum absolute atomic E-state index is 0.222. The van der Waals surface area contributed by atoms with Gasteiger partial charge in [0, 0.05) is 10.9 Å². The number of nitrogens with one attached hydrogen (secondary N) is 1. The highest BCUT2D eigenvalue weighted by Gasteiger charge is 2.05. The molecule has 23 heavy (non-hydrogen) atoms. The number of nitrogens with zero attached hydrogens (tertiary/aromatic N) is 2. The molecular weight excluding hydrogens is 306 g/mol. The quantitative estimate of drug-likeness (QED) is 0.546. The van der Waals surface area contributed by atoms with Crippen molar-refractivity contribution >= 4 is 22.7 Å². The molecule has 0 fully saturated rings. The van der Waals surface area contributed by atoms with Crippen LogP contribution < -0.4 is 5.43 Å². The summed E-state index contributed by atoms with van der Waals surface area (Å²) in [5.74, 6) is 0.222. The van der Waals surface area contributed by atoms with E-state index in [1.807, 2.05) is 11.4 Å². The number of phenols is 1. The number of anilines is 1. The Bertz CT molecular complexity index is 855. The van der Waals surface area contributed by atoms with Crippen LogP contribution in [-0.4, -0.2) is 16.3 Å². The van der Waals surface area contributed by atoms with Gasteiger partial charge < -0.3 is 5.11 Å². The van der Waals surface area contributed by atoms with Gasteiger partial charge in [-0.15, -0.1) is 11.3 Å². The fourth-order valence-corrected chi connectivity index (χ4v) is 2.79. The minimum Gasteiger partial charge on any atom is -0.508 e. The Labute approximate surface area is 139 Å². The zero-order valence-electron chi connectivity index (χ0n) is 12.9. The topological polar surface area (TPSA) is 57.5 Å². The summed E-state index contributed by atoms with van der Waals surface area (Å²) in [6.07, 6.45) is 1.65. The second-order valence-corrected chi connectivity index (χ2v) is 6.16. The number of hydrazone groups is 1. The Hall–Kier alpha value is -2.66. The standard InChI is InChI=1S/C18H17N3OS/c1-12-6-7-15(8-13(12)2)17-11-23-18(20-17)21-19-10-14-4-3-5-16(22)9-14/h3-11,22H,1-2H3,(H,20,21)/b19-10-. The van der Waals surface area contributed by atoms with Crippen LogP contribution in [0, 0.1) is 13.8 Å². The summed E-state index contributed by atoms with van der Waals surface area (Å²) in [4.78, 5) is 4.54. The van der Waals surface area contributed by atoms with E-state index in [2.05, 4.69) is 47.6 Å². The first-order valence-electron chi connectivity index (χ1n) is 7.23. The number of hydrogen-bond donors (Lipinski definition) is 2. The van der Waals surface area contributed by atoms with Crippen LogP contribution in [0.2, 0.25) is 0 Å². The first-order chi connectivity index (χ1) is 11.1. The molecule has 3 rings (SSSR count). The molecule has 1 aromatic heterocycles. The third kappa shape index (κ3) is 3.76. The van der Waals surface area contributed by atoms with Crippen molar-refractivity contribution < 1.29 is 5.11 Å². The Balaban J connectivity index is 1.71. The Morgan fingerprint density at radius 1 is 1.13 bits per heavy atom. The smallest absolute Gasteiger partial charge is 0.203 e. The van der Waals surface area contributed by atoms with Crippen molar-refractivity contribution in [3.05, 3.63) is 64.5 Å². The third-order valence-corrected chi connectivity index (χ3v) is 4.30. The molecular formula is C18H17N3OS. The molecule has 0 unspecified atom stereocenters. The lowest BCUT2D eigenvalue weighted by molar-refractivity contribution is 0.475. The van der Waals surface area contributed by atoms with Crippen LogP contribution in [0.4, 0.5) is 5.13 Å². The van der Waals surface area contributed by atoms with Gasteiger partial charge in [0.2, 0.25) is 5.13 Å². The van der Waals surface area contributed by atoms with Crippen LogP contribution in [0.1, 0.15) is 16.7 Å². The Morgan fingerprint density at radius 2 is 2.00 bits per heavy atom. The molecule has 0 spiro atoms. The summed E-state index contributed by atoms with van der Waals surface area (Å²) in [5.41, 5.74) is 8.32. The predicted molar refractivity (Wildman–Crippen MR) is 96.3 cm³/mol. The van der Waals surface area contributed by atoms with Gasteiger partial charge in [-0.25, -0.2) is 4.98 Å². The molecule has 0 amide bonds. The molecule has 0 aliphatic heterocycles. The zero-order valence-corrected chi connectivity index (χ0v) is 13.8. The van der Waals surface area contributed by atoms with Crippen molar-refractivity contribution in [2.24, 2.45) is 5.10 Å². The van der Waals surface area contributed by atoms with Crippen LogP contribution in [0.15, 0.2) is 52.9 Å². The van der Waals surface area contributed by atoms with Gasteiger partial charge in [0.15, 0.2) is 0 Å². The first-order valence-corrected chi connectivity index (χ1v) is 8.11. The van der Waals surface area contributed by atoms with E-state index in [9.17, 15) is 5.11 Å². The van der Waals surface area contributed by atoms with Gasteiger partial charge in [-0.05, 0) is 48.7 Å². The molecule has 0 saturated heterocycles. The third-order valence-electron chi connectivity index (χ3n) is 3.55. The lowest BCUT2D eigenvalue weighted by Crippen LogP contribution is -1.90. The molecule has 2 N–H and O–H groups in total. The van der Waals surface area contributed by atoms with Crippen LogP contribution in [-0.2, 0) is 0 Å². The van der Waals surface area contributed by atoms with E-state index < -0.39 is 0 Å². The molecule has 4 nitrogen and oxygen atoms in total. The van der Waals surface area contributed by atoms with Crippen molar-refractivity contribution in [1.29, 1.82) is 0 Å². The summed E-state index contributed by atoms with van der Waals surface area (Å²) in [6, 6.07) is 13.2.